The van der Waals surface area contributed by atoms with Crippen LogP contribution in [-0.4, -0.2) is 38.7 Å². The Morgan fingerprint density at radius 3 is 2.33 bits per heavy atom. The van der Waals surface area contributed by atoms with E-state index in [1.807, 2.05) is 34.0 Å². The van der Waals surface area contributed by atoms with Crippen LogP contribution in [0.1, 0.15) is 34.1 Å². The molecule has 0 spiro atoms. The summed E-state index contributed by atoms with van der Waals surface area (Å²) in [6.07, 6.45) is 2.58. The molecule has 0 aromatic heterocycles. The number of rotatable bonds is 6. The number of hydrogen-bond donors (Lipinski definition) is 2. The minimum absolute atomic E-state index is 0.0186. The number of carbonyl (C=O) groups excluding carboxylic acids is 1. The van der Waals surface area contributed by atoms with Crippen LogP contribution in [0.5, 0.6) is 0 Å². The van der Waals surface area contributed by atoms with Crippen molar-refractivity contribution in [3.8, 4) is 0 Å². The highest BCUT2D eigenvalue weighted by Gasteiger charge is 2.31. The maximum absolute atomic E-state index is 12.1. The van der Waals surface area contributed by atoms with E-state index in [-0.39, 0.29) is 17.9 Å². The highest BCUT2D eigenvalue weighted by atomic mass is 32.2. The van der Waals surface area contributed by atoms with Gasteiger partial charge in [-0.25, -0.2) is 0 Å². The van der Waals surface area contributed by atoms with Gasteiger partial charge < -0.3 is 10.4 Å². The zero-order valence-electron chi connectivity index (χ0n) is 11.7. The van der Waals surface area contributed by atoms with E-state index in [2.05, 4.69) is 5.32 Å². The first-order chi connectivity index (χ1) is 8.14. The Bertz CT molecular complexity index is 304. The molecule has 0 heterocycles. The Kier molecular flexibility index (Phi) is 7.82. The monoisotopic (exact) mass is 309 g/mol. The van der Waals surface area contributed by atoms with Crippen LogP contribution >= 0.6 is 35.7 Å². The van der Waals surface area contributed by atoms with Gasteiger partial charge in [0.1, 0.15) is 3.53 Å². The van der Waals surface area contributed by atoms with Gasteiger partial charge in [0.15, 0.2) is 0 Å². The molecule has 6 heteroatoms. The lowest BCUT2D eigenvalue weighted by Crippen LogP contribution is -2.44. The summed E-state index contributed by atoms with van der Waals surface area (Å²) in [4.78, 5) is 12.1. The van der Waals surface area contributed by atoms with Crippen LogP contribution in [0.15, 0.2) is 0 Å². The normalized spacial score (nSPS) is 12.3. The molecule has 0 fully saturated rings. The predicted molar refractivity (Wildman–Crippen MR) is 86.3 cm³/mol. The topological polar surface area (TPSA) is 49.3 Å². The van der Waals surface area contributed by atoms with Crippen LogP contribution in [0, 0.1) is 5.41 Å². The van der Waals surface area contributed by atoms with Crippen molar-refractivity contribution in [2.75, 3.05) is 19.4 Å². The van der Waals surface area contributed by atoms with Crippen molar-refractivity contribution in [3.63, 3.8) is 0 Å². The lowest BCUT2D eigenvalue weighted by atomic mass is 9.89. The zero-order valence-corrected chi connectivity index (χ0v) is 14.2. The fraction of sp³-hybridized carbons (Fsp3) is 0.833. The third-order valence-corrected chi connectivity index (χ3v) is 5.26. The summed E-state index contributed by atoms with van der Waals surface area (Å²) in [7, 11) is 0. The van der Waals surface area contributed by atoms with E-state index in [9.17, 15) is 4.79 Å². The van der Waals surface area contributed by atoms with E-state index in [1.165, 1.54) is 23.5 Å². The zero-order chi connectivity index (χ0) is 14.4. The smallest absolute Gasteiger partial charge is 0.236 e. The number of carbonyl (C=O) groups is 1. The van der Waals surface area contributed by atoms with Crippen molar-refractivity contribution < 1.29 is 9.90 Å². The van der Waals surface area contributed by atoms with E-state index in [1.54, 1.807) is 0 Å². The first-order valence-corrected chi connectivity index (χ1v) is 8.26. The largest absolute Gasteiger partial charge is 0.396 e. The van der Waals surface area contributed by atoms with Gasteiger partial charge in [-0.05, 0) is 31.9 Å². The molecule has 18 heavy (non-hydrogen) atoms. The molecule has 0 aromatic carbocycles. The quantitative estimate of drug-likeness (QED) is 0.739. The van der Waals surface area contributed by atoms with Crippen molar-refractivity contribution in [1.82, 2.24) is 5.32 Å². The Balaban J connectivity index is 4.35. The van der Waals surface area contributed by atoms with Gasteiger partial charge in [0.05, 0.1) is 4.75 Å². The van der Waals surface area contributed by atoms with Crippen LogP contribution in [-0.2, 0) is 4.79 Å². The maximum atomic E-state index is 12.1. The molecule has 106 valence electrons. The van der Waals surface area contributed by atoms with Gasteiger partial charge in [-0.2, -0.15) is 0 Å². The molecule has 0 aromatic rings. The average Bonchev–Trinajstić information content (AvgIpc) is 2.25. The van der Waals surface area contributed by atoms with Gasteiger partial charge in [0.25, 0.3) is 0 Å². The summed E-state index contributed by atoms with van der Waals surface area (Å²) in [6.45, 7) is 8.48. The predicted octanol–water partition coefficient (Wildman–Crippen LogP) is 2.67. The third-order valence-electron chi connectivity index (χ3n) is 2.57. The Morgan fingerprint density at radius 2 is 1.89 bits per heavy atom. The Hall–Kier alpha value is 0.220. The van der Waals surface area contributed by atoms with E-state index in [0.29, 0.717) is 13.0 Å². The molecular formula is C12H23NO2S3. The highest BCUT2D eigenvalue weighted by Crippen LogP contribution is 2.30. The van der Waals surface area contributed by atoms with Crippen LogP contribution in [0.3, 0.4) is 0 Å². The molecule has 1 amide bonds. The molecule has 0 saturated carbocycles. The van der Waals surface area contributed by atoms with Gasteiger partial charge in [0.2, 0.25) is 5.91 Å². The maximum Gasteiger partial charge on any atom is 0.236 e. The van der Waals surface area contributed by atoms with Gasteiger partial charge in [-0.15, -0.1) is 11.8 Å². The molecule has 3 nitrogen and oxygen atoms in total. The van der Waals surface area contributed by atoms with Crippen molar-refractivity contribution in [2.45, 2.75) is 38.9 Å². The third kappa shape index (κ3) is 6.97. The summed E-state index contributed by atoms with van der Waals surface area (Å²) >= 11 is 8.02. The lowest BCUT2D eigenvalue weighted by molar-refractivity contribution is -0.123. The van der Waals surface area contributed by atoms with Gasteiger partial charge in [-0.3, -0.25) is 4.79 Å². The molecule has 2 N–H and O–H groups in total. The fourth-order valence-electron chi connectivity index (χ4n) is 1.22. The number of aliphatic hydroxyl groups excluding tert-OH is 1. The van der Waals surface area contributed by atoms with Gasteiger partial charge >= 0.3 is 0 Å². The van der Waals surface area contributed by atoms with Crippen LogP contribution in [0.25, 0.3) is 0 Å². The molecule has 0 rings (SSSR count). The van der Waals surface area contributed by atoms with E-state index < -0.39 is 4.75 Å². The van der Waals surface area contributed by atoms with Crippen molar-refractivity contribution in [2.24, 2.45) is 5.41 Å². The molecule has 0 aliphatic rings. The van der Waals surface area contributed by atoms with E-state index in [0.717, 1.165) is 3.53 Å². The molecule has 0 radical (unpaired) electrons. The summed E-state index contributed by atoms with van der Waals surface area (Å²) < 4.78 is 0.208. The summed E-state index contributed by atoms with van der Waals surface area (Å²) in [5.74, 6) is -0.0186. The molecule has 0 saturated heterocycles. The Labute approximate surface area is 124 Å². The Morgan fingerprint density at radius 1 is 1.33 bits per heavy atom. The number of hydrogen-bond acceptors (Lipinski definition) is 5. The average molecular weight is 310 g/mol. The fourth-order valence-corrected chi connectivity index (χ4v) is 3.38. The van der Waals surface area contributed by atoms with E-state index in [4.69, 9.17) is 17.3 Å². The van der Waals surface area contributed by atoms with Crippen molar-refractivity contribution >= 4 is 45.2 Å². The van der Waals surface area contributed by atoms with E-state index >= 15 is 0 Å². The molecule has 0 bridgehead atoms. The highest BCUT2D eigenvalue weighted by molar-refractivity contribution is 8.47. The van der Waals surface area contributed by atoms with Gasteiger partial charge in [-0.1, -0.05) is 37.8 Å². The summed E-state index contributed by atoms with van der Waals surface area (Å²) in [5, 5.41) is 11.9. The molecular weight excluding hydrogens is 286 g/mol. The standard InChI is InChI=1S/C12H23NO2S3/c1-11(2,6-7-14)8-13-9(15)12(3,4)18-10(16)17-5/h14H,6-8H2,1-5H3,(H,13,15). The SMILES string of the molecule is CSC(=S)SC(C)(C)C(=O)NCC(C)(C)CCO. The number of thioether (sulfide) groups is 2. The van der Waals surface area contributed by atoms with Crippen LogP contribution < -0.4 is 5.32 Å². The molecule has 0 aliphatic heterocycles. The van der Waals surface area contributed by atoms with Gasteiger partial charge in [0, 0.05) is 13.2 Å². The lowest BCUT2D eigenvalue weighted by Gasteiger charge is -2.28. The number of thiocarbonyl (C=S) groups is 1. The first kappa shape index (κ1) is 18.2. The second-order valence-corrected chi connectivity index (χ2v) is 9.02. The first-order valence-electron chi connectivity index (χ1n) is 5.81. The molecule has 0 aliphatic carbocycles. The summed E-state index contributed by atoms with van der Waals surface area (Å²) in [6, 6.07) is 0. The summed E-state index contributed by atoms with van der Waals surface area (Å²) in [5.41, 5.74) is -0.0921. The number of amides is 1. The molecule has 0 atom stereocenters. The minimum Gasteiger partial charge on any atom is -0.396 e. The number of aliphatic hydroxyl groups is 1. The molecule has 0 unspecified atom stereocenters. The van der Waals surface area contributed by atoms with Crippen molar-refractivity contribution in [3.05, 3.63) is 0 Å². The van der Waals surface area contributed by atoms with Crippen LogP contribution in [0.2, 0.25) is 0 Å². The van der Waals surface area contributed by atoms with Crippen LogP contribution in [0.4, 0.5) is 0 Å². The van der Waals surface area contributed by atoms with Crippen molar-refractivity contribution in [1.29, 1.82) is 0 Å². The number of nitrogens with one attached hydrogen (secondary N) is 1. The second-order valence-electron chi connectivity index (χ2n) is 5.39. The minimum atomic E-state index is -0.560. The second kappa shape index (κ2) is 7.72.